The van der Waals surface area contributed by atoms with Gasteiger partial charge in [0.05, 0.1) is 28.2 Å². The highest BCUT2D eigenvalue weighted by Crippen LogP contribution is 2.28. The van der Waals surface area contributed by atoms with Gasteiger partial charge in [-0.25, -0.2) is 22.8 Å². The SMILES string of the molecule is CCOc1ccc(S(=O)(=O)Nc2nc3ccccc3nc2Nc2ccccc2F)cc1. The quantitative estimate of drug-likeness (QED) is 0.434. The first kappa shape index (κ1) is 20.5. The molecule has 0 saturated heterocycles. The summed E-state index contributed by atoms with van der Waals surface area (Å²) in [6.45, 7) is 2.32. The van der Waals surface area contributed by atoms with Crippen molar-refractivity contribution in [2.75, 3.05) is 16.6 Å². The summed E-state index contributed by atoms with van der Waals surface area (Å²) in [5.74, 6) is 0.0979. The molecule has 0 atom stereocenters. The minimum atomic E-state index is -3.98. The lowest BCUT2D eigenvalue weighted by Crippen LogP contribution is -2.16. The number of hydrogen-bond acceptors (Lipinski definition) is 6. The molecule has 0 aliphatic rings. The van der Waals surface area contributed by atoms with Crippen LogP contribution in [-0.2, 0) is 10.0 Å². The van der Waals surface area contributed by atoms with Gasteiger partial charge in [0.2, 0.25) is 0 Å². The zero-order chi connectivity index (χ0) is 21.8. The van der Waals surface area contributed by atoms with E-state index in [0.717, 1.165) is 0 Å². The Hall–Kier alpha value is -3.72. The topological polar surface area (TPSA) is 93.2 Å². The van der Waals surface area contributed by atoms with Crippen molar-refractivity contribution in [1.82, 2.24) is 9.97 Å². The minimum absolute atomic E-state index is 0.0303. The summed E-state index contributed by atoms with van der Waals surface area (Å²) in [6.07, 6.45) is 0. The van der Waals surface area contributed by atoms with Crippen molar-refractivity contribution >= 4 is 38.4 Å². The van der Waals surface area contributed by atoms with Gasteiger partial charge in [-0.05, 0) is 55.5 Å². The van der Waals surface area contributed by atoms with Crippen LogP contribution in [0.4, 0.5) is 21.7 Å². The zero-order valence-corrected chi connectivity index (χ0v) is 17.4. The van der Waals surface area contributed by atoms with Gasteiger partial charge in [0.1, 0.15) is 11.6 Å². The zero-order valence-electron chi connectivity index (χ0n) is 16.5. The van der Waals surface area contributed by atoms with E-state index in [1.165, 1.54) is 24.3 Å². The van der Waals surface area contributed by atoms with E-state index in [-0.39, 0.29) is 22.2 Å². The summed E-state index contributed by atoms with van der Waals surface area (Å²) in [6, 6.07) is 19.1. The number of para-hydroxylation sites is 3. The third-order valence-electron chi connectivity index (χ3n) is 4.37. The Morgan fingerprint density at radius 2 is 1.48 bits per heavy atom. The maximum Gasteiger partial charge on any atom is 0.263 e. The molecule has 0 bridgehead atoms. The molecule has 0 unspecified atom stereocenters. The number of nitrogens with one attached hydrogen (secondary N) is 2. The number of ether oxygens (including phenoxy) is 1. The Kier molecular flexibility index (Phi) is 5.68. The standard InChI is InChI=1S/C22H19FN4O3S/c1-2-30-15-11-13-16(14-12-15)31(28,29)27-22-21(24-18-8-4-3-7-17(18)23)25-19-9-5-6-10-20(19)26-22/h3-14H,2H2,1H3,(H,24,25)(H,26,27). The minimum Gasteiger partial charge on any atom is -0.494 e. The summed E-state index contributed by atoms with van der Waals surface area (Å²) in [5, 5.41) is 2.84. The van der Waals surface area contributed by atoms with Gasteiger partial charge in [-0.3, -0.25) is 4.72 Å². The third-order valence-corrected chi connectivity index (χ3v) is 5.73. The Balaban J connectivity index is 1.73. The molecule has 0 saturated carbocycles. The summed E-state index contributed by atoms with van der Waals surface area (Å²) in [4.78, 5) is 8.87. The van der Waals surface area contributed by atoms with E-state index in [1.807, 2.05) is 6.92 Å². The normalized spacial score (nSPS) is 11.3. The Bertz CT molecular complexity index is 1330. The molecule has 31 heavy (non-hydrogen) atoms. The number of nitrogens with zero attached hydrogens (tertiary/aromatic N) is 2. The van der Waals surface area contributed by atoms with Crippen LogP contribution < -0.4 is 14.8 Å². The molecule has 0 aliphatic carbocycles. The van der Waals surface area contributed by atoms with Crippen molar-refractivity contribution in [3.63, 3.8) is 0 Å². The molecule has 1 heterocycles. The Morgan fingerprint density at radius 1 is 0.871 bits per heavy atom. The molecule has 4 aromatic rings. The second-order valence-corrected chi connectivity index (χ2v) is 8.21. The molecule has 2 N–H and O–H groups in total. The molecule has 3 aromatic carbocycles. The van der Waals surface area contributed by atoms with Gasteiger partial charge in [0, 0.05) is 0 Å². The van der Waals surface area contributed by atoms with E-state index in [4.69, 9.17) is 4.74 Å². The van der Waals surface area contributed by atoms with Crippen LogP contribution in [-0.4, -0.2) is 25.0 Å². The van der Waals surface area contributed by atoms with Crippen LogP contribution in [0.15, 0.2) is 77.7 Å². The highest BCUT2D eigenvalue weighted by molar-refractivity contribution is 7.92. The van der Waals surface area contributed by atoms with Gasteiger partial charge in [-0.1, -0.05) is 24.3 Å². The number of anilines is 3. The maximum absolute atomic E-state index is 14.2. The lowest BCUT2D eigenvalue weighted by atomic mass is 10.3. The lowest BCUT2D eigenvalue weighted by Gasteiger charge is -2.14. The molecule has 9 heteroatoms. The Morgan fingerprint density at radius 3 is 2.13 bits per heavy atom. The van der Waals surface area contributed by atoms with Gasteiger partial charge in [0.25, 0.3) is 10.0 Å². The smallest absolute Gasteiger partial charge is 0.263 e. The molecule has 7 nitrogen and oxygen atoms in total. The summed E-state index contributed by atoms with van der Waals surface area (Å²) in [7, 11) is -3.98. The number of fused-ring (bicyclic) bond motifs is 1. The molecule has 0 aliphatic heterocycles. The summed E-state index contributed by atoms with van der Waals surface area (Å²) < 4.78 is 47.9. The second kappa shape index (κ2) is 8.57. The first-order valence-electron chi connectivity index (χ1n) is 9.50. The molecule has 0 radical (unpaired) electrons. The average Bonchev–Trinajstić information content (AvgIpc) is 2.76. The molecule has 4 rings (SSSR count). The van der Waals surface area contributed by atoms with Crippen molar-refractivity contribution in [3.8, 4) is 5.75 Å². The molecular weight excluding hydrogens is 419 g/mol. The number of sulfonamides is 1. The van der Waals surface area contributed by atoms with E-state index in [1.54, 1.807) is 48.5 Å². The van der Waals surface area contributed by atoms with Crippen LogP contribution in [0.1, 0.15) is 6.92 Å². The highest BCUT2D eigenvalue weighted by Gasteiger charge is 2.19. The maximum atomic E-state index is 14.2. The van der Waals surface area contributed by atoms with Crippen LogP contribution in [0.5, 0.6) is 5.75 Å². The molecule has 0 spiro atoms. The van der Waals surface area contributed by atoms with E-state index in [9.17, 15) is 12.8 Å². The predicted octanol–water partition coefficient (Wildman–Crippen LogP) is 4.71. The van der Waals surface area contributed by atoms with Gasteiger partial charge in [-0.15, -0.1) is 0 Å². The largest absolute Gasteiger partial charge is 0.494 e. The van der Waals surface area contributed by atoms with E-state index >= 15 is 0 Å². The Labute approximate surface area is 179 Å². The molecule has 0 fully saturated rings. The van der Waals surface area contributed by atoms with Crippen LogP contribution in [0.2, 0.25) is 0 Å². The number of halogens is 1. The van der Waals surface area contributed by atoms with E-state index < -0.39 is 15.8 Å². The fourth-order valence-electron chi connectivity index (χ4n) is 2.92. The van der Waals surface area contributed by atoms with Crippen molar-refractivity contribution < 1.29 is 17.5 Å². The first-order valence-corrected chi connectivity index (χ1v) is 11.0. The molecule has 1 aromatic heterocycles. The average molecular weight is 438 g/mol. The fourth-order valence-corrected chi connectivity index (χ4v) is 3.93. The van der Waals surface area contributed by atoms with Crippen molar-refractivity contribution in [3.05, 3.63) is 78.6 Å². The number of benzene rings is 3. The van der Waals surface area contributed by atoms with Crippen LogP contribution in [0.3, 0.4) is 0 Å². The molecule has 0 amide bonds. The van der Waals surface area contributed by atoms with Gasteiger partial charge in [-0.2, -0.15) is 0 Å². The van der Waals surface area contributed by atoms with Crippen molar-refractivity contribution in [1.29, 1.82) is 0 Å². The van der Waals surface area contributed by atoms with Gasteiger partial charge >= 0.3 is 0 Å². The van der Waals surface area contributed by atoms with Crippen molar-refractivity contribution in [2.45, 2.75) is 11.8 Å². The lowest BCUT2D eigenvalue weighted by molar-refractivity contribution is 0.340. The monoisotopic (exact) mass is 438 g/mol. The molecule has 158 valence electrons. The fraction of sp³-hybridized carbons (Fsp3) is 0.0909. The second-order valence-electron chi connectivity index (χ2n) is 6.52. The number of aromatic nitrogens is 2. The van der Waals surface area contributed by atoms with Crippen LogP contribution in [0, 0.1) is 5.82 Å². The van der Waals surface area contributed by atoms with Crippen LogP contribution >= 0.6 is 0 Å². The van der Waals surface area contributed by atoms with Crippen molar-refractivity contribution in [2.24, 2.45) is 0 Å². The summed E-state index contributed by atoms with van der Waals surface area (Å²) >= 11 is 0. The van der Waals surface area contributed by atoms with E-state index in [0.29, 0.717) is 23.4 Å². The summed E-state index contributed by atoms with van der Waals surface area (Å²) in [5.41, 5.74) is 1.17. The van der Waals surface area contributed by atoms with Gasteiger partial charge in [0.15, 0.2) is 11.6 Å². The van der Waals surface area contributed by atoms with Crippen LogP contribution in [0.25, 0.3) is 11.0 Å². The first-order chi connectivity index (χ1) is 15.0. The predicted molar refractivity (Wildman–Crippen MR) is 118 cm³/mol. The number of hydrogen-bond donors (Lipinski definition) is 2. The highest BCUT2D eigenvalue weighted by atomic mass is 32.2. The van der Waals surface area contributed by atoms with Gasteiger partial charge < -0.3 is 10.1 Å². The third kappa shape index (κ3) is 4.56. The number of rotatable bonds is 7. The molecular formula is C22H19FN4O3S. The van der Waals surface area contributed by atoms with E-state index in [2.05, 4.69) is 20.0 Å².